The summed E-state index contributed by atoms with van der Waals surface area (Å²) in [4.78, 5) is 28.7. The van der Waals surface area contributed by atoms with Crippen LogP contribution < -0.4 is 11.1 Å². The van der Waals surface area contributed by atoms with Crippen LogP contribution in [0.25, 0.3) is 0 Å². The predicted molar refractivity (Wildman–Crippen MR) is 90.7 cm³/mol. The van der Waals surface area contributed by atoms with Gasteiger partial charge in [0, 0.05) is 23.2 Å². The summed E-state index contributed by atoms with van der Waals surface area (Å²) in [5, 5.41) is 6.33. The molecule has 1 heterocycles. The highest BCUT2D eigenvalue weighted by molar-refractivity contribution is 6.06. The molecule has 0 saturated carbocycles. The van der Waals surface area contributed by atoms with Gasteiger partial charge in [0.25, 0.3) is 5.91 Å². The average molecular weight is 359 g/mol. The number of carbonyl (C=O) groups excluding carboxylic acids is 2. The minimum atomic E-state index is -0.996. The number of primary amides is 1. The van der Waals surface area contributed by atoms with Crippen LogP contribution in [-0.4, -0.2) is 23.6 Å². The lowest BCUT2D eigenvalue weighted by Crippen LogP contribution is -2.28. The van der Waals surface area contributed by atoms with Crippen molar-refractivity contribution >= 4 is 23.2 Å². The number of benzene rings is 2. The first kappa shape index (κ1) is 17.5. The summed E-state index contributed by atoms with van der Waals surface area (Å²) < 4.78 is 27.1. The molecule has 1 unspecified atom stereocenters. The first-order valence-electron chi connectivity index (χ1n) is 7.74. The van der Waals surface area contributed by atoms with Crippen LogP contribution in [0.15, 0.2) is 41.6 Å². The first-order valence-corrected chi connectivity index (χ1v) is 7.74. The molecule has 2 amide bonds. The van der Waals surface area contributed by atoms with E-state index < -0.39 is 29.6 Å². The Morgan fingerprint density at radius 2 is 2.00 bits per heavy atom. The molecule has 6 nitrogen and oxygen atoms in total. The van der Waals surface area contributed by atoms with Gasteiger partial charge in [-0.2, -0.15) is 0 Å². The van der Waals surface area contributed by atoms with Crippen LogP contribution in [0.1, 0.15) is 27.9 Å². The number of halogens is 2. The molecule has 1 aliphatic heterocycles. The Hall–Kier alpha value is -3.29. The maximum Gasteiger partial charge on any atom is 0.268 e. The van der Waals surface area contributed by atoms with E-state index in [9.17, 15) is 18.4 Å². The third kappa shape index (κ3) is 3.53. The highest BCUT2D eigenvalue weighted by Gasteiger charge is 2.30. The smallest absolute Gasteiger partial charge is 0.268 e. The van der Waals surface area contributed by atoms with E-state index in [1.165, 1.54) is 6.07 Å². The molecule has 0 aromatic heterocycles. The Labute approximate surface area is 147 Å². The lowest BCUT2D eigenvalue weighted by atomic mass is 10.0. The van der Waals surface area contributed by atoms with Gasteiger partial charge in [0.2, 0.25) is 12.0 Å². The maximum atomic E-state index is 13.8. The van der Waals surface area contributed by atoms with E-state index in [0.717, 1.165) is 23.8 Å². The zero-order valence-electron chi connectivity index (χ0n) is 13.8. The summed E-state index contributed by atoms with van der Waals surface area (Å²) in [6.07, 6.45) is -1.01. The molecule has 3 N–H and O–H groups in total. The fourth-order valence-electron chi connectivity index (χ4n) is 2.52. The van der Waals surface area contributed by atoms with Gasteiger partial charge in [-0.25, -0.2) is 8.78 Å². The van der Waals surface area contributed by atoms with E-state index in [0.29, 0.717) is 5.69 Å². The van der Waals surface area contributed by atoms with Gasteiger partial charge >= 0.3 is 0 Å². The first-order chi connectivity index (χ1) is 12.3. The third-order valence-corrected chi connectivity index (χ3v) is 3.98. The number of nitrogens with two attached hydrogens (primary N) is 1. The highest BCUT2D eigenvalue weighted by Crippen LogP contribution is 2.22. The number of carbonyl (C=O) groups is 2. The SMILES string of the molecule is Cc1ccc(C(N)=O)cc1NC(=O)C1CC(c2cc(F)ccc2F)=NO1. The van der Waals surface area contributed by atoms with Crippen LogP contribution in [0, 0.1) is 18.6 Å². The van der Waals surface area contributed by atoms with Crippen molar-refractivity contribution in [1.29, 1.82) is 0 Å². The lowest BCUT2D eigenvalue weighted by Gasteiger charge is -2.12. The number of anilines is 1. The number of oxime groups is 1. The van der Waals surface area contributed by atoms with Crippen molar-refractivity contribution in [3.05, 3.63) is 64.7 Å². The Bertz CT molecular complexity index is 928. The normalized spacial score (nSPS) is 16.0. The molecule has 2 aromatic rings. The molecule has 26 heavy (non-hydrogen) atoms. The molecule has 0 radical (unpaired) electrons. The van der Waals surface area contributed by atoms with Crippen LogP contribution >= 0.6 is 0 Å². The minimum absolute atomic E-state index is 0.0131. The zero-order valence-corrected chi connectivity index (χ0v) is 13.8. The molecule has 0 saturated heterocycles. The van der Waals surface area contributed by atoms with Crippen LogP contribution in [0.5, 0.6) is 0 Å². The van der Waals surface area contributed by atoms with Gasteiger partial charge in [-0.1, -0.05) is 11.2 Å². The van der Waals surface area contributed by atoms with Crippen LogP contribution in [-0.2, 0) is 9.63 Å². The van der Waals surface area contributed by atoms with Gasteiger partial charge in [0.15, 0.2) is 0 Å². The van der Waals surface area contributed by atoms with Crippen molar-refractivity contribution in [2.45, 2.75) is 19.4 Å². The second-order valence-electron chi connectivity index (χ2n) is 5.84. The quantitative estimate of drug-likeness (QED) is 0.878. The number of hydrogen-bond donors (Lipinski definition) is 2. The monoisotopic (exact) mass is 359 g/mol. The third-order valence-electron chi connectivity index (χ3n) is 3.98. The molecule has 0 fully saturated rings. The molecule has 2 aromatic carbocycles. The number of hydrogen-bond acceptors (Lipinski definition) is 4. The molecule has 1 aliphatic rings. The molecular weight excluding hydrogens is 344 g/mol. The van der Waals surface area contributed by atoms with E-state index in [-0.39, 0.29) is 23.3 Å². The van der Waals surface area contributed by atoms with Gasteiger partial charge in [0.1, 0.15) is 11.6 Å². The Balaban J connectivity index is 1.72. The summed E-state index contributed by atoms with van der Waals surface area (Å²) in [5.74, 6) is -2.41. The maximum absolute atomic E-state index is 13.8. The molecule has 0 aliphatic carbocycles. The van der Waals surface area contributed by atoms with Crippen molar-refractivity contribution < 1.29 is 23.2 Å². The average Bonchev–Trinajstić information content (AvgIpc) is 3.08. The van der Waals surface area contributed by atoms with E-state index in [1.54, 1.807) is 19.1 Å². The fraction of sp³-hybridized carbons (Fsp3) is 0.167. The summed E-state index contributed by atoms with van der Waals surface area (Å²) in [7, 11) is 0. The Morgan fingerprint density at radius 3 is 2.73 bits per heavy atom. The van der Waals surface area contributed by atoms with Crippen molar-refractivity contribution in [2.24, 2.45) is 10.9 Å². The number of aryl methyl sites for hydroxylation is 1. The van der Waals surface area contributed by atoms with Gasteiger partial charge in [-0.3, -0.25) is 9.59 Å². The summed E-state index contributed by atoms with van der Waals surface area (Å²) >= 11 is 0. The molecule has 3 rings (SSSR count). The number of nitrogens with zero attached hydrogens (tertiary/aromatic N) is 1. The number of rotatable bonds is 4. The standard InChI is InChI=1S/C18H15F2N3O3/c1-9-2-3-10(17(21)24)6-14(9)22-18(25)16-8-15(23-26-16)12-7-11(19)4-5-13(12)20/h2-7,16H,8H2,1H3,(H2,21,24)(H,22,25). The van der Waals surface area contributed by atoms with Crippen molar-refractivity contribution in [3.8, 4) is 0 Å². The number of amides is 2. The summed E-state index contributed by atoms with van der Waals surface area (Å²) in [6.45, 7) is 1.75. The van der Waals surface area contributed by atoms with Crippen LogP contribution in [0.2, 0.25) is 0 Å². The summed E-state index contributed by atoms with van der Waals surface area (Å²) in [6, 6.07) is 7.63. The van der Waals surface area contributed by atoms with E-state index >= 15 is 0 Å². The van der Waals surface area contributed by atoms with Crippen LogP contribution in [0.3, 0.4) is 0 Å². The molecule has 8 heteroatoms. The van der Waals surface area contributed by atoms with E-state index in [4.69, 9.17) is 10.6 Å². The molecule has 1 atom stereocenters. The predicted octanol–water partition coefficient (Wildman–Crippen LogP) is 2.50. The molecular formula is C18H15F2N3O3. The van der Waals surface area contributed by atoms with Crippen molar-refractivity contribution in [1.82, 2.24) is 0 Å². The topological polar surface area (TPSA) is 93.8 Å². The Kier molecular flexibility index (Phi) is 4.66. The van der Waals surface area contributed by atoms with Crippen LogP contribution in [0.4, 0.5) is 14.5 Å². The molecule has 134 valence electrons. The minimum Gasteiger partial charge on any atom is -0.382 e. The number of nitrogens with one attached hydrogen (secondary N) is 1. The second-order valence-corrected chi connectivity index (χ2v) is 5.84. The zero-order chi connectivity index (χ0) is 18.8. The van der Waals surface area contributed by atoms with Gasteiger partial charge < -0.3 is 15.9 Å². The van der Waals surface area contributed by atoms with Gasteiger partial charge in [0.05, 0.1) is 5.71 Å². The largest absolute Gasteiger partial charge is 0.382 e. The van der Waals surface area contributed by atoms with E-state index in [1.807, 2.05) is 0 Å². The second kappa shape index (κ2) is 6.91. The van der Waals surface area contributed by atoms with Crippen molar-refractivity contribution in [3.63, 3.8) is 0 Å². The summed E-state index contributed by atoms with van der Waals surface area (Å²) in [5.41, 5.74) is 6.70. The van der Waals surface area contributed by atoms with Gasteiger partial charge in [-0.15, -0.1) is 0 Å². The molecule has 0 bridgehead atoms. The van der Waals surface area contributed by atoms with E-state index in [2.05, 4.69) is 10.5 Å². The molecule has 0 spiro atoms. The fourth-order valence-corrected chi connectivity index (χ4v) is 2.52. The van der Waals surface area contributed by atoms with Crippen molar-refractivity contribution in [2.75, 3.05) is 5.32 Å². The highest BCUT2D eigenvalue weighted by atomic mass is 19.1. The lowest BCUT2D eigenvalue weighted by molar-refractivity contribution is -0.125. The Morgan fingerprint density at radius 1 is 1.23 bits per heavy atom. The van der Waals surface area contributed by atoms with Gasteiger partial charge in [-0.05, 0) is 42.8 Å².